The highest BCUT2D eigenvalue weighted by atomic mass is 32.1. The standard InChI is InChI=1S/C11H13N3S/c1-8-11(9-3-4-9)13-10(15-8)7-14-6-2-5-12-14/h2,5-6,9H,3-4,7H2,1H3. The molecule has 0 aromatic carbocycles. The predicted octanol–water partition coefficient (Wildman–Crippen LogP) is 2.57. The first kappa shape index (κ1) is 9.09. The normalized spacial score (nSPS) is 15.8. The molecule has 3 rings (SSSR count). The first-order valence-electron chi connectivity index (χ1n) is 5.26. The van der Waals surface area contributed by atoms with Crippen molar-refractivity contribution in [1.82, 2.24) is 14.8 Å². The molecule has 3 nitrogen and oxygen atoms in total. The largest absolute Gasteiger partial charge is 0.266 e. The molecule has 0 radical (unpaired) electrons. The molecule has 0 unspecified atom stereocenters. The van der Waals surface area contributed by atoms with E-state index in [0.29, 0.717) is 0 Å². The third-order valence-electron chi connectivity index (χ3n) is 2.70. The Morgan fingerprint density at radius 2 is 2.40 bits per heavy atom. The number of hydrogen-bond acceptors (Lipinski definition) is 3. The summed E-state index contributed by atoms with van der Waals surface area (Å²) in [5, 5.41) is 5.37. The van der Waals surface area contributed by atoms with Crippen LogP contribution < -0.4 is 0 Å². The van der Waals surface area contributed by atoms with Gasteiger partial charge in [-0.2, -0.15) is 5.10 Å². The van der Waals surface area contributed by atoms with Crippen molar-refractivity contribution in [3.63, 3.8) is 0 Å². The third-order valence-corrected chi connectivity index (χ3v) is 3.67. The monoisotopic (exact) mass is 219 g/mol. The molecule has 78 valence electrons. The van der Waals surface area contributed by atoms with Gasteiger partial charge < -0.3 is 0 Å². The fourth-order valence-corrected chi connectivity index (χ4v) is 2.81. The van der Waals surface area contributed by atoms with Crippen molar-refractivity contribution in [1.29, 1.82) is 0 Å². The van der Waals surface area contributed by atoms with Gasteiger partial charge >= 0.3 is 0 Å². The van der Waals surface area contributed by atoms with Gasteiger partial charge in [0, 0.05) is 23.2 Å². The molecule has 0 atom stereocenters. The summed E-state index contributed by atoms with van der Waals surface area (Å²) in [4.78, 5) is 6.09. The topological polar surface area (TPSA) is 30.7 Å². The van der Waals surface area contributed by atoms with Crippen LogP contribution in [0, 0.1) is 6.92 Å². The number of rotatable bonds is 3. The van der Waals surface area contributed by atoms with Crippen LogP contribution in [0.1, 0.15) is 34.3 Å². The minimum atomic E-state index is 0.757. The van der Waals surface area contributed by atoms with E-state index in [0.717, 1.165) is 12.5 Å². The van der Waals surface area contributed by atoms with Crippen molar-refractivity contribution in [3.05, 3.63) is 34.0 Å². The van der Waals surface area contributed by atoms with E-state index in [1.165, 1.54) is 28.4 Å². The number of hydrogen-bond donors (Lipinski definition) is 0. The van der Waals surface area contributed by atoms with E-state index in [1.54, 1.807) is 0 Å². The lowest BCUT2D eigenvalue weighted by atomic mass is 10.3. The average molecular weight is 219 g/mol. The van der Waals surface area contributed by atoms with Crippen LogP contribution in [0.2, 0.25) is 0 Å². The molecule has 1 fully saturated rings. The zero-order chi connectivity index (χ0) is 10.3. The number of aryl methyl sites for hydroxylation is 1. The van der Waals surface area contributed by atoms with Gasteiger partial charge in [0.1, 0.15) is 5.01 Å². The summed E-state index contributed by atoms with van der Waals surface area (Å²) in [5.41, 5.74) is 1.34. The second kappa shape index (κ2) is 3.45. The third kappa shape index (κ3) is 1.81. The van der Waals surface area contributed by atoms with Crippen molar-refractivity contribution in [2.75, 3.05) is 0 Å². The van der Waals surface area contributed by atoms with Crippen molar-refractivity contribution in [2.45, 2.75) is 32.2 Å². The minimum Gasteiger partial charge on any atom is -0.266 e. The second-order valence-corrected chi connectivity index (χ2v) is 5.31. The van der Waals surface area contributed by atoms with Gasteiger partial charge in [0.15, 0.2) is 0 Å². The average Bonchev–Trinajstić information content (AvgIpc) is 2.81. The summed E-state index contributed by atoms with van der Waals surface area (Å²) in [5.74, 6) is 0.757. The van der Waals surface area contributed by atoms with Crippen molar-refractivity contribution in [2.24, 2.45) is 0 Å². The van der Waals surface area contributed by atoms with Crippen molar-refractivity contribution in [3.8, 4) is 0 Å². The molecule has 1 saturated carbocycles. The Labute approximate surface area is 92.8 Å². The zero-order valence-electron chi connectivity index (χ0n) is 8.68. The highest BCUT2D eigenvalue weighted by Gasteiger charge is 2.28. The number of aromatic nitrogens is 3. The van der Waals surface area contributed by atoms with Crippen LogP contribution in [0.25, 0.3) is 0 Å². The molecule has 2 aromatic heterocycles. The SMILES string of the molecule is Cc1sc(Cn2cccn2)nc1C1CC1. The lowest BCUT2D eigenvalue weighted by Crippen LogP contribution is -1.99. The molecule has 0 amide bonds. The van der Waals surface area contributed by atoms with E-state index >= 15 is 0 Å². The van der Waals surface area contributed by atoms with Gasteiger partial charge in [0.2, 0.25) is 0 Å². The van der Waals surface area contributed by atoms with Crippen LogP contribution in [-0.2, 0) is 6.54 Å². The lowest BCUT2D eigenvalue weighted by Gasteiger charge is -1.95. The fourth-order valence-electron chi connectivity index (χ4n) is 1.80. The predicted molar refractivity (Wildman–Crippen MR) is 60.2 cm³/mol. The first-order chi connectivity index (χ1) is 7.33. The Kier molecular flexibility index (Phi) is 2.09. The number of thiazole rings is 1. The van der Waals surface area contributed by atoms with E-state index in [4.69, 9.17) is 4.98 Å². The Bertz CT molecular complexity index is 454. The summed E-state index contributed by atoms with van der Waals surface area (Å²) in [6, 6.07) is 1.95. The van der Waals surface area contributed by atoms with Gasteiger partial charge in [0.05, 0.1) is 12.2 Å². The van der Waals surface area contributed by atoms with E-state index in [9.17, 15) is 0 Å². The summed E-state index contributed by atoms with van der Waals surface area (Å²) in [7, 11) is 0. The van der Waals surface area contributed by atoms with Gasteiger partial charge in [0.25, 0.3) is 0 Å². The molecule has 0 aliphatic heterocycles. The molecular formula is C11H13N3S. The van der Waals surface area contributed by atoms with Crippen LogP contribution in [0.3, 0.4) is 0 Å². The van der Waals surface area contributed by atoms with Gasteiger partial charge in [-0.15, -0.1) is 11.3 Å². The number of nitrogens with zero attached hydrogens (tertiary/aromatic N) is 3. The molecular weight excluding hydrogens is 206 g/mol. The van der Waals surface area contributed by atoms with E-state index in [1.807, 2.05) is 34.5 Å². The van der Waals surface area contributed by atoms with E-state index < -0.39 is 0 Å². The van der Waals surface area contributed by atoms with Crippen LogP contribution in [0.5, 0.6) is 0 Å². The summed E-state index contributed by atoms with van der Waals surface area (Å²) >= 11 is 1.81. The van der Waals surface area contributed by atoms with Crippen molar-refractivity contribution >= 4 is 11.3 Å². The Morgan fingerprint density at radius 3 is 3.07 bits per heavy atom. The highest BCUT2D eigenvalue weighted by Crippen LogP contribution is 2.42. The Balaban J connectivity index is 1.83. The molecule has 2 aromatic rings. The molecule has 0 saturated heterocycles. The first-order valence-corrected chi connectivity index (χ1v) is 6.08. The Morgan fingerprint density at radius 1 is 1.53 bits per heavy atom. The molecule has 1 aliphatic carbocycles. The molecule has 0 N–H and O–H groups in total. The maximum Gasteiger partial charge on any atom is 0.115 e. The fraction of sp³-hybridized carbons (Fsp3) is 0.455. The molecule has 15 heavy (non-hydrogen) atoms. The van der Waals surface area contributed by atoms with Gasteiger partial charge in [-0.1, -0.05) is 0 Å². The van der Waals surface area contributed by atoms with Crippen LogP contribution in [0.15, 0.2) is 18.5 Å². The smallest absolute Gasteiger partial charge is 0.115 e. The summed E-state index contributed by atoms with van der Waals surface area (Å²) < 4.78 is 1.93. The molecule has 0 bridgehead atoms. The van der Waals surface area contributed by atoms with E-state index in [-0.39, 0.29) is 0 Å². The van der Waals surface area contributed by atoms with Gasteiger partial charge in [-0.3, -0.25) is 4.68 Å². The van der Waals surface area contributed by atoms with Crippen LogP contribution >= 0.6 is 11.3 Å². The summed E-state index contributed by atoms with van der Waals surface area (Å²) in [6.07, 6.45) is 6.44. The maximum absolute atomic E-state index is 4.70. The van der Waals surface area contributed by atoms with Crippen LogP contribution in [-0.4, -0.2) is 14.8 Å². The molecule has 0 spiro atoms. The van der Waals surface area contributed by atoms with E-state index in [2.05, 4.69) is 12.0 Å². The van der Waals surface area contributed by atoms with Crippen LogP contribution in [0.4, 0.5) is 0 Å². The Hall–Kier alpha value is -1.16. The maximum atomic E-state index is 4.70. The highest BCUT2D eigenvalue weighted by molar-refractivity contribution is 7.11. The molecule has 4 heteroatoms. The molecule has 2 heterocycles. The van der Waals surface area contributed by atoms with Gasteiger partial charge in [-0.05, 0) is 25.8 Å². The second-order valence-electron chi connectivity index (χ2n) is 4.03. The lowest BCUT2D eigenvalue weighted by molar-refractivity contribution is 0.681. The zero-order valence-corrected chi connectivity index (χ0v) is 9.50. The quantitative estimate of drug-likeness (QED) is 0.794. The van der Waals surface area contributed by atoms with Crippen molar-refractivity contribution < 1.29 is 0 Å². The summed E-state index contributed by atoms with van der Waals surface area (Å²) in [6.45, 7) is 2.99. The molecule has 1 aliphatic rings. The van der Waals surface area contributed by atoms with Gasteiger partial charge in [-0.25, -0.2) is 4.98 Å². The minimum absolute atomic E-state index is 0.757.